The molecule has 0 amide bonds. The third-order valence-electron chi connectivity index (χ3n) is 7.74. The van der Waals surface area contributed by atoms with Crippen molar-refractivity contribution >= 4 is 22.1 Å². The van der Waals surface area contributed by atoms with Gasteiger partial charge in [-0.3, -0.25) is 0 Å². The van der Waals surface area contributed by atoms with Crippen LogP contribution in [0.25, 0.3) is 16.4 Å². The number of benzene rings is 4. The lowest BCUT2D eigenvalue weighted by Crippen LogP contribution is -2.15. The van der Waals surface area contributed by atoms with Crippen LogP contribution in [0.3, 0.4) is 0 Å². The molecule has 3 heterocycles. The van der Waals surface area contributed by atoms with Crippen molar-refractivity contribution in [1.82, 2.24) is 19.6 Å². The highest BCUT2D eigenvalue weighted by Crippen LogP contribution is 2.51. The molecule has 9 nitrogen and oxygen atoms in total. The Morgan fingerprint density at radius 2 is 1.77 bits per heavy atom. The van der Waals surface area contributed by atoms with Crippen molar-refractivity contribution in [3.05, 3.63) is 119 Å². The van der Waals surface area contributed by atoms with Gasteiger partial charge in [-0.05, 0) is 42.5 Å². The summed E-state index contributed by atoms with van der Waals surface area (Å²) in [6, 6.07) is 26.5. The SMILES string of the molecule is COc1ccc(C2c3ccc4ccccc4c3Oc3ncn4nc(CO/N=C(\C)c5ccc(C)cc5)nc4c32)cc1OC. The summed E-state index contributed by atoms with van der Waals surface area (Å²) in [5, 5.41) is 11.0. The van der Waals surface area contributed by atoms with E-state index in [0.717, 1.165) is 44.5 Å². The highest BCUT2D eigenvalue weighted by atomic mass is 16.6. The second kappa shape index (κ2) is 10.8. The minimum atomic E-state index is -0.265. The number of oxime groups is 1. The molecule has 7 rings (SSSR count). The van der Waals surface area contributed by atoms with Crippen LogP contribution in [0.2, 0.25) is 0 Å². The Kier molecular flexibility index (Phi) is 6.62. The van der Waals surface area contributed by atoms with Gasteiger partial charge in [-0.1, -0.05) is 77.4 Å². The fourth-order valence-corrected chi connectivity index (χ4v) is 5.57. The number of hydrogen-bond donors (Lipinski definition) is 0. The van der Waals surface area contributed by atoms with Gasteiger partial charge in [-0.15, -0.1) is 5.10 Å². The Morgan fingerprint density at radius 3 is 2.58 bits per heavy atom. The van der Waals surface area contributed by atoms with E-state index in [4.69, 9.17) is 24.0 Å². The number of hydrogen-bond acceptors (Lipinski definition) is 8. The first-order chi connectivity index (χ1) is 21.0. The molecule has 1 unspecified atom stereocenters. The van der Waals surface area contributed by atoms with E-state index in [1.807, 2.05) is 61.5 Å². The zero-order valence-electron chi connectivity index (χ0n) is 24.2. The van der Waals surface area contributed by atoms with Crippen molar-refractivity contribution in [1.29, 1.82) is 0 Å². The average Bonchev–Trinajstić information content (AvgIpc) is 3.47. The van der Waals surface area contributed by atoms with Crippen molar-refractivity contribution in [2.75, 3.05) is 14.2 Å². The van der Waals surface area contributed by atoms with E-state index in [9.17, 15) is 0 Å². The largest absolute Gasteiger partial charge is 0.493 e. The standard InChI is InChI=1S/C34H29N5O4/c1-20-9-11-22(12-10-20)21(2)38-42-18-29-36-33-31-30(24-14-16-27(40-3)28(17-24)41-4)26-15-13-23-7-5-6-8-25(23)32(26)43-34(31)35-19-39(33)37-29/h5-17,19,30H,18H2,1-4H3/b38-21+. The van der Waals surface area contributed by atoms with Gasteiger partial charge in [-0.25, -0.2) is 14.5 Å². The number of aromatic nitrogens is 4. The van der Waals surface area contributed by atoms with E-state index in [-0.39, 0.29) is 12.5 Å². The average molecular weight is 572 g/mol. The molecule has 0 saturated carbocycles. The summed E-state index contributed by atoms with van der Waals surface area (Å²) in [5.74, 6) is 2.74. The topological polar surface area (TPSA) is 92.4 Å². The minimum Gasteiger partial charge on any atom is -0.493 e. The summed E-state index contributed by atoms with van der Waals surface area (Å²) in [6.07, 6.45) is 1.62. The third kappa shape index (κ3) is 4.68. The van der Waals surface area contributed by atoms with E-state index in [2.05, 4.69) is 46.4 Å². The molecule has 214 valence electrons. The van der Waals surface area contributed by atoms with Gasteiger partial charge in [-0.2, -0.15) is 0 Å². The first-order valence-electron chi connectivity index (χ1n) is 13.9. The van der Waals surface area contributed by atoms with Gasteiger partial charge >= 0.3 is 0 Å². The fourth-order valence-electron chi connectivity index (χ4n) is 5.57. The maximum atomic E-state index is 6.53. The molecule has 0 spiro atoms. The molecule has 1 aliphatic heterocycles. The quantitative estimate of drug-likeness (QED) is 0.153. The Morgan fingerprint density at radius 1 is 0.953 bits per heavy atom. The lowest BCUT2D eigenvalue weighted by molar-refractivity contribution is 0.125. The van der Waals surface area contributed by atoms with Gasteiger partial charge in [0.1, 0.15) is 12.1 Å². The highest BCUT2D eigenvalue weighted by molar-refractivity contribution is 5.98. The van der Waals surface area contributed by atoms with Crippen LogP contribution in [0, 0.1) is 6.92 Å². The van der Waals surface area contributed by atoms with Gasteiger partial charge in [0.15, 0.2) is 29.6 Å². The Labute approximate surface area is 248 Å². The van der Waals surface area contributed by atoms with E-state index in [0.29, 0.717) is 28.9 Å². The van der Waals surface area contributed by atoms with Crippen LogP contribution in [-0.4, -0.2) is 39.5 Å². The molecule has 0 radical (unpaired) electrons. The summed E-state index contributed by atoms with van der Waals surface area (Å²) in [4.78, 5) is 15.2. The van der Waals surface area contributed by atoms with Crippen LogP contribution in [0.4, 0.5) is 0 Å². The van der Waals surface area contributed by atoms with E-state index in [1.165, 1.54) is 5.56 Å². The molecule has 0 fully saturated rings. The molecule has 0 aliphatic carbocycles. The van der Waals surface area contributed by atoms with Gasteiger partial charge < -0.3 is 19.0 Å². The second-order valence-corrected chi connectivity index (χ2v) is 10.4. The zero-order valence-corrected chi connectivity index (χ0v) is 24.2. The van der Waals surface area contributed by atoms with Crippen LogP contribution < -0.4 is 14.2 Å². The van der Waals surface area contributed by atoms with Crippen molar-refractivity contribution in [3.8, 4) is 23.1 Å². The summed E-state index contributed by atoms with van der Waals surface area (Å²) in [5.41, 5.74) is 6.35. The maximum absolute atomic E-state index is 6.53. The summed E-state index contributed by atoms with van der Waals surface area (Å²) < 4.78 is 19.4. The van der Waals surface area contributed by atoms with Crippen LogP contribution in [0.15, 0.2) is 90.3 Å². The number of rotatable bonds is 7. The normalized spacial score (nSPS) is 14.2. The number of fused-ring (bicyclic) bond motifs is 6. The van der Waals surface area contributed by atoms with Crippen LogP contribution in [0.5, 0.6) is 23.1 Å². The lowest BCUT2D eigenvalue weighted by atomic mass is 9.82. The molecule has 1 atom stereocenters. The van der Waals surface area contributed by atoms with Gasteiger partial charge in [0.05, 0.1) is 25.5 Å². The number of ether oxygens (including phenoxy) is 3. The number of aryl methyl sites for hydroxylation is 1. The van der Waals surface area contributed by atoms with E-state index < -0.39 is 0 Å². The molecule has 43 heavy (non-hydrogen) atoms. The molecule has 9 heteroatoms. The molecule has 1 aliphatic rings. The molecule has 4 aromatic carbocycles. The Bertz CT molecular complexity index is 2020. The molecule has 0 saturated heterocycles. The van der Waals surface area contributed by atoms with Crippen molar-refractivity contribution < 1.29 is 19.0 Å². The zero-order chi connectivity index (χ0) is 29.5. The summed E-state index contributed by atoms with van der Waals surface area (Å²) in [6.45, 7) is 4.06. The van der Waals surface area contributed by atoms with Crippen molar-refractivity contribution in [3.63, 3.8) is 0 Å². The van der Waals surface area contributed by atoms with Crippen LogP contribution in [0.1, 0.15) is 46.5 Å². The summed E-state index contributed by atoms with van der Waals surface area (Å²) in [7, 11) is 3.26. The highest BCUT2D eigenvalue weighted by Gasteiger charge is 2.34. The van der Waals surface area contributed by atoms with Gasteiger partial charge in [0.2, 0.25) is 5.88 Å². The Hall–Kier alpha value is -5.44. The van der Waals surface area contributed by atoms with Gasteiger partial charge in [0, 0.05) is 16.9 Å². The van der Waals surface area contributed by atoms with Crippen molar-refractivity contribution in [2.24, 2.45) is 5.16 Å². The molecular formula is C34H29N5O4. The van der Waals surface area contributed by atoms with E-state index >= 15 is 0 Å². The monoisotopic (exact) mass is 571 g/mol. The maximum Gasteiger partial charge on any atom is 0.228 e. The number of methoxy groups -OCH3 is 2. The molecule has 6 aromatic rings. The number of nitrogens with zero attached hydrogens (tertiary/aromatic N) is 5. The summed E-state index contributed by atoms with van der Waals surface area (Å²) >= 11 is 0. The smallest absolute Gasteiger partial charge is 0.228 e. The van der Waals surface area contributed by atoms with Crippen LogP contribution >= 0.6 is 0 Å². The third-order valence-corrected chi connectivity index (χ3v) is 7.74. The van der Waals surface area contributed by atoms with Crippen LogP contribution in [-0.2, 0) is 11.4 Å². The first-order valence-corrected chi connectivity index (χ1v) is 13.9. The molecule has 0 N–H and O–H groups in total. The lowest BCUT2D eigenvalue weighted by Gasteiger charge is -2.29. The fraction of sp³-hybridized carbons (Fsp3) is 0.176. The molecule has 0 bridgehead atoms. The predicted octanol–water partition coefficient (Wildman–Crippen LogP) is 6.83. The predicted molar refractivity (Wildman–Crippen MR) is 163 cm³/mol. The molecule has 2 aromatic heterocycles. The Balaban J connectivity index is 1.32. The molecular weight excluding hydrogens is 542 g/mol. The minimum absolute atomic E-state index is 0.1000. The second-order valence-electron chi connectivity index (χ2n) is 10.4. The van der Waals surface area contributed by atoms with Gasteiger partial charge in [0.25, 0.3) is 0 Å². The first kappa shape index (κ1) is 26.5. The van der Waals surface area contributed by atoms with Crippen molar-refractivity contribution in [2.45, 2.75) is 26.4 Å². The van der Waals surface area contributed by atoms with E-state index in [1.54, 1.807) is 25.1 Å².